The highest BCUT2D eigenvalue weighted by atomic mass is 35.5. The number of benzene rings is 1. The Kier molecular flexibility index (Phi) is 3.71. The van der Waals surface area contributed by atoms with Gasteiger partial charge in [0.15, 0.2) is 5.71 Å². The first-order chi connectivity index (χ1) is 8.97. The van der Waals surface area contributed by atoms with E-state index in [1.807, 2.05) is 6.92 Å². The second-order valence-electron chi connectivity index (χ2n) is 4.09. The van der Waals surface area contributed by atoms with Crippen LogP contribution >= 0.6 is 11.6 Å². The molecule has 0 radical (unpaired) electrons. The van der Waals surface area contributed by atoms with Crippen molar-refractivity contribution >= 4 is 34.9 Å². The van der Waals surface area contributed by atoms with Crippen molar-refractivity contribution in [3.05, 3.63) is 28.8 Å². The molecule has 1 aliphatic heterocycles. The quantitative estimate of drug-likeness (QED) is 0.885. The second-order valence-corrected chi connectivity index (χ2v) is 4.53. The minimum absolute atomic E-state index is 0.0548. The Bertz CT molecular complexity index is 571. The van der Waals surface area contributed by atoms with Crippen molar-refractivity contribution in [1.82, 2.24) is 0 Å². The van der Waals surface area contributed by atoms with Crippen LogP contribution in [-0.2, 0) is 14.4 Å². The lowest BCUT2D eigenvalue weighted by atomic mass is 10.1. The molecule has 1 unspecified atom stereocenters. The molecule has 1 aromatic rings. The largest absolute Gasteiger partial charge is 0.477 e. The van der Waals surface area contributed by atoms with Gasteiger partial charge in [-0.3, -0.25) is 4.79 Å². The fraction of sp³-hybridized carbons (Fsp3) is 0.250. The zero-order chi connectivity index (χ0) is 14.0. The van der Waals surface area contributed by atoms with Crippen molar-refractivity contribution in [2.24, 2.45) is 5.16 Å². The molecule has 100 valence electrons. The number of carboxylic acids is 1. The number of rotatable bonds is 3. The van der Waals surface area contributed by atoms with Crippen molar-refractivity contribution in [1.29, 1.82) is 0 Å². The summed E-state index contributed by atoms with van der Waals surface area (Å²) in [7, 11) is 0. The van der Waals surface area contributed by atoms with E-state index in [4.69, 9.17) is 21.5 Å². The molecule has 7 heteroatoms. The van der Waals surface area contributed by atoms with E-state index in [0.717, 1.165) is 5.56 Å². The lowest BCUT2D eigenvalue weighted by Crippen LogP contribution is -2.29. The number of carboxylic acid groups (broad SMARTS) is 1. The highest BCUT2D eigenvalue weighted by Crippen LogP contribution is 2.21. The third-order valence-corrected chi connectivity index (χ3v) is 2.90. The van der Waals surface area contributed by atoms with Gasteiger partial charge in [-0.05, 0) is 24.6 Å². The van der Waals surface area contributed by atoms with Gasteiger partial charge in [-0.1, -0.05) is 22.8 Å². The molecule has 0 saturated carbocycles. The van der Waals surface area contributed by atoms with Crippen LogP contribution in [0.2, 0.25) is 5.02 Å². The number of carbonyl (C=O) groups is 2. The first-order valence-corrected chi connectivity index (χ1v) is 5.88. The average Bonchev–Trinajstić information content (AvgIpc) is 2.83. The smallest absolute Gasteiger partial charge is 0.353 e. The summed E-state index contributed by atoms with van der Waals surface area (Å²) < 4.78 is 0. The van der Waals surface area contributed by atoms with Crippen LogP contribution in [-0.4, -0.2) is 28.8 Å². The minimum Gasteiger partial charge on any atom is -0.477 e. The van der Waals surface area contributed by atoms with Gasteiger partial charge >= 0.3 is 5.97 Å². The normalized spacial score (nSPS) is 17.6. The van der Waals surface area contributed by atoms with Crippen LogP contribution in [0.25, 0.3) is 0 Å². The molecule has 19 heavy (non-hydrogen) atoms. The van der Waals surface area contributed by atoms with Gasteiger partial charge in [-0.2, -0.15) is 0 Å². The van der Waals surface area contributed by atoms with E-state index in [9.17, 15) is 9.59 Å². The van der Waals surface area contributed by atoms with Crippen molar-refractivity contribution in [3.63, 3.8) is 0 Å². The van der Waals surface area contributed by atoms with Gasteiger partial charge in [0.1, 0.15) is 0 Å². The van der Waals surface area contributed by atoms with E-state index in [2.05, 4.69) is 10.5 Å². The molecule has 0 aliphatic carbocycles. The molecule has 2 rings (SSSR count). The van der Waals surface area contributed by atoms with E-state index in [1.165, 1.54) is 0 Å². The molecule has 1 aliphatic rings. The number of hydrogen-bond donors (Lipinski definition) is 2. The molecule has 0 aromatic heterocycles. The fourth-order valence-electron chi connectivity index (χ4n) is 1.59. The number of amides is 1. The summed E-state index contributed by atoms with van der Waals surface area (Å²) in [5.41, 5.74) is 1.24. The highest BCUT2D eigenvalue weighted by Gasteiger charge is 2.31. The van der Waals surface area contributed by atoms with Crippen LogP contribution in [0.15, 0.2) is 23.4 Å². The molecule has 0 fully saturated rings. The lowest BCUT2D eigenvalue weighted by Gasteiger charge is -2.11. The van der Waals surface area contributed by atoms with Crippen LogP contribution in [0.5, 0.6) is 0 Å². The maximum absolute atomic E-state index is 11.9. The summed E-state index contributed by atoms with van der Waals surface area (Å²) in [6, 6.07) is 5.10. The molecule has 2 N–H and O–H groups in total. The molecule has 1 aromatic carbocycles. The summed E-state index contributed by atoms with van der Waals surface area (Å²) in [6.45, 7) is 1.82. The number of nitrogens with one attached hydrogen (secondary N) is 1. The number of anilines is 1. The van der Waals surface area contributed by atoms with Gasteiger partial charge in [0, 0.05) is 17.1 Å². The van der Waals surface area contributed by atoms with Crippen LogP contribution in [0.3, 0.4) is 0 Å². The predicted octanol–water partition coefficient (Wildman–Crippen LogP) is 1.82. The summed E-state index contributed by atoms with van der Waals surface area (Å²) in [4.78, 5) is 27.4. The van der Waals surface area contributed by atoms with Crippen LogP contribution in [0, 0.1) is 6.92 Å². The Labute approximate surface area is 114 Å². The molecular weight excluding hydrogens is 272 g/mol. The van der Waals surface area contributed by atoms with Crippen molar-refractivity contribution in [2.75, 3.05) is 5.32 Å². The van der Waals surface area contributed by atoms with Gasteiger partial charge in [0.25, 0.3) is 5.91 Å². The number of aryl methyl sites for hydroxylation is 1. The highest BCUT2D eigenvalue weighted by molar-refractivity contribution is 6.36. The van der Waals surface area contributed by atoms with Crippen LogP contribution < -0.4 is 5.32 Å². The Hall–Kier alpha value is -2.08. The van der Waals surface area contributed by atoms with Crippen molar-refractivity contribution in [2.45, 2.75) is 19.4 Å². The topological polar surface area (TPSA) is 88.0 Å². The number of hydrogen-bond acceptors (Lipinski definition) is 4. The molecule has 0 spiro atoms. The summed E-state index contributed by atoms with van der Waals surface area (Å²) in [6.07, 6.45) is -0.981. The number of aliphatic carboxylic acids is 1. The number of halogens is 1. The van der Waals surface area contributed by atoms with E-state index < -0.39 is 18.0 Å². The molecule has 0 saturated heterocycles. The van der Waals surface area contributed by atoms with Crippen LogP contribution in [0.1, 0.15) is 12.0 Å². The third-order valence-electron chi connectivity index (χ3n) is 2.67. The summed E-state index contributed by atoms with van der Waals surface area (Å²) in [5.74, 6) is -1.64. The molecular formula is C12H11ClN2O4. The number of carbonyl (C=O) groups excluding carboxylic acids is 1. The van der Waals surface area contributed by atoms with Gasteiger partial charge in [-0.15, -0.1) is 0 Å². The monoisotopic (exact) mass is 282 g/mol. The van der Waals surface area contributed by atoms with Gasteiger partial charge in [0.05, 0.1) is 0 Å². The standard InChI is InChI=1S/C12H11ClN2O4/c1-6-2-3-7(13)4-8(6)14-11(16)10-5-9(12(17)18)15-19-10/h2-4,10H,5H2,1H3,(H,14,16)(H,17,18). The molecule has 1 atom stereocenters. The van der Waals surface area contributed by atoms with E-state index in [1.54, 1.807) is 18.2 Å². The van der Waals surface area contributed by atoms with Gasteiger partial charge < -0.3 is 15.3 Å². The molecule has 1 heterocycles. The van der Waals surface area contributed by atoms with Crippen molar-refractivity contribution < 1.29 is 19.5 Å². The zero-order valence-corrected chi connectivity index (χ0v) is 10.8. The maximum Gasteiger partial charge on any atom is 0.353 e. The first kappa shape index (κ1) is 13.4. The number of nitrogens with zero attached hydrogens (tertiary/aromatic N) is 1. The zero-order valence-electron chi connectivity index (χ0n) is 10.0. The predicted molar refractivity (Wildman–Crippen MR) is 69.4 cm³/mol. The number of oxime groups is 1. The first-order valence-electron chi connectivity index (χ1n) is 5.50. The minimum atomic E-state index is -1.19. The Morgan fingerprint density at radius 2 is 2.26 bits per heavy atom. The molecule has 1 amide bonds. The SMILES string of the molecule is Cc1ccc(Cl)cc1NC(=O)C1CC(C(=O)O)=NO1. The molecule has 6 nitrogen and oxygen atoms in total. The maximum atomic E-state index is 11.9. The summed E-state index contributed by atoms with van der Waals surface area (Å²) >= 11 is 5.84. The van der Waals surface area contributed by atoms with Gasteiger partial charge in [-0.25, -0.2) is 4.79 Å². The van der Waals surface area contributed by atoms with Crippen molar-refractivity contribution in [3.8, 4) is 0 Å². The van der Waals surface area contributed by atoms with E-state index in [0.29, 0.717) is 10.7 Å². The van der Waals surface area contributed by atoms with E-state index in [-0.39, 0.29) is 12.1 Å². The van der Waals surface area contributed by atoms with Gasteiger partial charge in [0.2, 0.25) is 6.10 Å². The molecule has 0 bridgehead atoms. The Balaban J connectivity index is 2.03. The third kappa shape index (κ3) is 3.03. The average molecular weight is 283 g/mol. The van der Waals surface area contributed by atoms with Crippen LogP contribution in [0.4, 0.5) is 5.69 Å². The second kappa shape index (κ2) is 5.27. The Morgan fingerprint density at radius 3 is 2.89 bits per heavy atom. The summed E-state index contributed by atoms with van der Waals surface area (Å²) in [5, 5.41) is 15.2. The Morgan fingerprint density at radius 1 is 1.53 bits per heavy atom. The van der Waals surface area contributed by atoms with E-state index >= 15 is 0 Å². The lowest BCUT2D eigenvalue weighted by molar-refractivity contribution is -0.129. The fourth-order valence-corrected chi connectivity index (χ4v) is 1.76.